The average Bonchev–Trinajstić information content (AvgIpc) is 2.79. The van der Waals surface area contributed by atoms with Gasteiger partial charge in [0.05, 0.1) is 6.61 Å². The van der Waals surface area contributed by atoms with Gasteiger partial charge in [0, 0.05) is 16.3 Å². The number of halogens is 1. The molecule has 0 radical (unpaired) electrons. The molecule has 0 bridgehead atoms. The van der Waals surface area contributed by atoms with Crippen molar-refractivity contribution in [3.63, 3.8) is 0 Å². The highest BCUT2D eigenvalue weighted by atomic mass is 35.5. The first-order valence-electron chi connectivity index (χ1n) is 6.01. The lowest BCUT2D eigenvalue weighted by Crippen LogP contribution is -2.11. The van der Waals surface area contributed by atoms with E-state index in [2.05, 4.69) is 16.8 Å². The molecule has 0 fully saturated rings. The van der Waals surface area contributed by atoms with E-state index >= 15 is 0 Å². The lowest BCUT2D eigenvalue weighted by Gasteiger charge is -2.05. The van der Waals surface area contributed by atoms with Gasteiger partial charge in [0.15, 0.2) is 5.82 Å². The molecular formula is C13H15ClN4OS. The summed E-state index contributed by atoms with van der Waals surface area (Å²) in [7, 11) is 0. The summed E-state index contributed by atoms with van der Waals surface area (Å²) in [6.45, 7) is 6.20. The zero-order valence-corrected chi connectivity index (χ0v) is 12.6. The first-order valence-corrected chi connectivity index (χ1v) is 7.38. The Bertz CT molecular complexity index is 597. The third-order valence-corrected chi connectivity index (χ3v) is 3.77. The van der Waals surface area contributed by atoms with Crippen LogP contribution in [0.5, 0.6) is 5.75 Å². The molecule has 0 atom stereocenters. The number of nitrogens with zero attached hydrogens (tertiary/aromatic N) is 3. The molecule has 1 aromatic heterocycles. The molecule has 20 heavy (non-hydrogen) atoms. The highest BCUT2D eigenvalue weighted by Gasteiger charge is 2.12. The molecule has 7 heteroatoms. The number of ether oxygens (including phenoxy) is 1. The molecule has 1 aromatic carbocycles. The Labute approximate surface area is 126 Å². The fourth-order valence-corrected chi connectivity index (χ4v) is 2.36. The van der Waals surface area contributed by atoms with Crippen LogP contribution in [0, 0.1) is 0 Å². The van der Waals surface area contributed by atoms with E-state index in [0.717, 1.165) is 11.3 Å². The summed E-state index contributed by atoms with van der Waals surface area (Å²) >= 11 is 7.11. The molecule has 5 nitrogen and oxygen atoms in total. The van der Waals surface area contributed by atoms with Crippen LogP contribution in [-0.4, -0.2) is 27.2 Å². The fourth-order valence-electron chi connectivity index (χ4n) is 1.58. The topological polar surface area (TPSA) is 66.0 Å². The summed E-state index contributed by atoms with van der Waals surface area (Å²) in [5.74, 6) is 7.93. The van der Waals surface area contributed by atoms with Crippen molar-refractivity contribution in [2.24, 2.45) is 0 Å². The van der Waals surface area contributed by atoms with E-state index in [0.29, 0.717) is 28.4 Å². The Balaban J connectivity index is 2.18. The Hall–Kier alpha value is -1.66. The minimum Gasteiger partial charge on any atom is -0.494 e. The van der Waals surface area contributed by atoms with Crippen molar-refractivity contribution >= 4 is 23.4 Å². The number of aromatic nitrogens is 3. The summed E-state index contributed by atoms with van der Waals surface area (Å²) in [6, 6.07) is 7.54. The van der Waals surface area contributed by atoms with Gasteiger partial charge in [-0.1, -0.05) is 29.9 Å². The van der Waals surface area contributed by atoms with Crippen LogP contribution in [0.1, 0.15) is 6.92 Å². The van der Waals surface area contributed by atoms with Gasteiger partial charge in [-0.05, 0) is 31.2 Å². The van der Waals surface area contributed by atoms with Gasteiger partial charge in [-0.15, -0.1) is 10.2 Å². The predicted octanol–water partition coefficient (Wildman–Crippen LogP) is 2.90. The van der Waals surface area contributed by atoms with Gasteiger partial charge in [-0.3, -0.25) is 0 Å². The van der Waals surface area contributed by atoms with Gasteiger partial charge >= 0.3 is 0 Å². The monoisotopic (exact) mass is 310 g/mol. The lowest BCUT2D eigenvalue weighted by molar-refractivity contribution is 0.340. The van der Waals surface area contributed by atoms with Gasteiger partial charge in [-0.25, -0.2) is 4.68 Å². The number of nitrogens with two attached hydrogens (primary N) is 1. The van der Waals surface area contributed by atoms with Gasteiger partial charge < -0.3 is 10.6 Å². The zero-order valence-electron chi connectivity index (χ0n) is 11.0. The summed E-state index contributed by atoms with van der Waals surface area (Å²) in [4.78, 5) is 0. The van der Waals surface area contributed by atoms with E-state index < -0.39 is 0 Å². The van der Waals surface area contributed by atoms with Crippen LogP contribution in [0.25, 0.3) is 11.4 Å². The smallest absolute Gasteiger partial charge is 0.210 e. The number of hydrogen-bond acceptors (Lipinski definition) is 5. The third kappa shape index (κ3) is 3.46. The molecule has 0 saturated carbocycles. The maximum absolute atomic E-state index is 5.99. The van der Waals surface area contributed by atoms with E-state index in [4.69, 9.17) is 22.2 Å². The van der Waals surface area contributed by atoms with Gasteiger partial charge in [0.2, 0.25) is 5.16 Å². The van der Waals surface area contributed by atoms with Crippen LogP contribution in [-0.2, 0) is 0 Å². The molecule has 0 spiro atoms. The Morgan fingerprint density at radius 3 is 2.70 bits per heavy atom. The van der Waals surface area contributed by atoms with Crippen molar-refractivity contribution < 1.29 is 4.74 Å². The first kappa shape index (κ1) is 14.7. The maximum Gasteiger partial charge on any atom is 0.210 e. The predicted molar refractivity (Wildman–Crippen MR) is 82.5 cm³/mol. The summed E-state index contributed by atoms with van der Waals surface area (Å²) in [5, 5.41) is 9.27. The van der Waals surface area contributed by atoms with Crippen molar-refractivity contribution in [2.75, 3.05) is 18.2 Å². The van der Waals surface area contributed by atoms with Crippen molar-refractivity contribution in [3.05, 3.63) is 35.9 Å². The van der Waals surface area contributed by atoms with Gasteiger partial charge in [0.1, 0.15) is 5.75 Å². The summed E-state index contributed by atoms with van der Waals surface area (Å²) in [5.41, 5.74) is 0.875. The molecule has 1 heterocycles. The molecule has 2 N–H and O–H groups in total. The van der Waals surface area contributed by atoms with E-state index in [1.807, 2.05) is 31.2 Å². The van der Waals surface area contributed by atoms with Crippen LogP contribution < -0.4 is 10.6 Å². The van der Waals surface area contributed by atoms with Crippen LogP contribution in [0.2, 0.25) is 0 Å². The number of rotatable bonds is 6. The SMILES string of the molecule is C=C(Cl)CSc1nnc(-c2ccc(OCC)cc2)n1N. The van der Waals surface area contributed by atoms with Crippen LogP contribution >= 0.6 is 23.4 Å². The molecule has 0 aliphatic rings. The second-order valence-electron chi connectivity index (χ2n) is 3.94. The van der Waals surface area contributed by atoms with Gasteiger partial charge in [0.25, 0.3) is 0 Å². The number of nitrogen functional groups attached to an aromatic ring is 1. The quantitative estimate of drug-likeness (QED) is 0.656. The van der Waals surface area contributed by atoms with Crippen molar-refractivity contribution in [1.82, 2.24) is 14.9 Å². The molecule has 0 amide bonds. The lowest BCUT2D eigenvalue weighted by atomic mass is 10.2. The molecule has 106 valence electrons. The summed E-state index contributed by atoms with van der Waals surface area (Å²) in [6.07, 6.45) is 0. The molecule has 2 aromatic rings. The minimum atomic E-state index is 0.542. The Morgan fingerprint density at radius 1 is 1.40 bits per heavy atom. The first-order chi connectivity index (χ1) is 9.61. The molecule has 0 aliphatic heterocycles. The normalized spacial score (nSPS) is 10.5. The van der Waals surface area contributed by atoms with Crippen molar-refractivity contribution in [3.8, 4) is 17.1 Å². The standard InChI is InChI=1S/C13H15ClN4OS/c1-3-19-11-6-4-10(5-7-11)12-16-17-13(18(12)15)20-8-9(2)14/h4-7H,2-3,8,15H2,1H3. The second kappa shape index (κ2) is 6.67. The largest absolute Gasteiger partial charge is 0.494 e. The van der Waals surface area contributed by atoms with E-state index in [9.17, 15) is 0 Å². The number of benzene rings is 1. The van der Waals surface area contributed by atoms with Crippen LogP contribution in [0.3, 0.4) is 0 Å². The molecule has 0 unspecified atom stereocenters. The molecule has 0 saturated heterocycles. The van der Waals surface area contributed by atoms with Crippen molar-refractivity contribution in [1.29, 1.82) is 0 Å². The van der Waals surface area contributed by atoms with Crippen molar-refractivity contribution in [2.45, 2.75) is 12.1 Å². The second-order valence-corrected chi connectivity index (χ2v) is 5.42. The number of hydrogen-bond donors (Lipinski definition) is 1. The average molecular weight is 311 g/mol. The highest BCUT2D eigenvalue weighted by molar-refractivity contribution is 7.99. The Morgan fingerprint density at radius 2 is 2.10 bits per heavy atom. The van der Waals surface area contributed by atoms with Gasteiger partial charge in [-0.2, -0.15) is 0 Å². The zero-order chi connectivity index (χ0) is 14.5. The highest BCUT2D eigenvalue weighted by Crippen LogP contribution is 2.24. The Kier molecular flexibility index (Phi) is 4.92. The molecular weight excluding hydrogens is 296 g/mol. The number of thioether (sulfide) groups is 1. The van der Waals surface area contributed by atoms with E-state index in [-0.39, 0.29) is 0 Å². The van der Waals surface area contributed by atoms with E-state index in [1.165, 1.54) is 16.4 Å². The third-order valence-electron chi connectivity index (χ3n) is 2.45. The molecule has 2 rings (SSSR count). The van der Waals surface area contributed by atoms with Crippen LogP contribution in [0.15, 0.2) is 41.0 Å². The molecule has 0 aliphatic carbocycles. The maximum atomic E-state index is 5.99. The van der Waals surface area contributed by atoms with E-state index in [1.54, 1.807) is 0 Å². The minimum absolute atomic E-state index is 0.542. The summed E-state index contributed by atoms with van der Waals surface area (Å²) < 4.78 is 6.84. The van der Waals surface area contributed by atoms with Crippen LogP contribution in [0.4, 0.5) is 0 Å². The fraction of sp³-hybridized carbons (Fsp3) is 0.231.